The fourth-order valence-corrected chi connectivity index (χ4v) is 2.88. The highest BCUT2D eigenvalue weighted by Crippen LogP contribution is 2.29. The summed E-state index contributed by atoms with van der Waals surface area (Å²) in [5.74, 6) is 5.46. The summed E-state index contributed by atoms with van der Waals surface area (Å²) in [7, 11) is 0. The molecule has 0 bridgehead atoms. The minimum atomic E-state index is 0.0585. The first kappa shape index (κ1) is 13.6. The number of aryl methyl sites for hydroxylation is 2. The van der Waals surface area contributed by atoms with Crippen LogP contribution >= 0.6 is 0 Å². The summed E-state index contributed by atoms with van der Waals surface area (Å²) in [6.07, 6.45) is 2.04. The Labute approximate surface area is 124 Å². The van der Waals surface area contributed by atoms with Crippen LogP contribution in [0.1, 0.15) is 27.9 Å². The van der Waals surface area contributed by atoms with Crippen molar-refractivity contribution < 1.29 is 4.79 Å². The molecule has 1 aliphatic heterocycles. The van der Waals surface area contributed by atoms with Gasteiger partial charge in [-0.2, -0.15) is 0 Å². The van der Waals surface area contributed by atoms with Gasteiger partial charge in [-0.25, -0.2) is 0 Å². The van der Waals surface area contributed by atoms with Gasteiger partial charge in [-0.15, -0.1) is 0 Å². The van der Waals surface area contributed by atoms with Crippen molar-refractivity contribution in [1.29, 1.82) is 0 Å². The molecule has 3 rings (SSSR count). The average Bonchev–Trinajstić information content (AvgIpc) is 2.53. The average molecular weight is 281 g/mol. The third-order valence-corrected chi connectivity index (χ3v) is 3.98. The summed E-state index contributed by atoms with van der Waals surface area (Å²) >= 11 is 0. The third-order valence-electron chi connectivity index (χ3n) is 3.98. The molecule has 0 saturated carbocycles. The smallest absolute Gasteiger partial charge is 0.258 e. The van der Waals surface area contributed by atoms with Gasteiger partial charge >= 0.3 is 0 Å². The first-order chi connectivity index (χ1) is 10.2. The van der Waals surface area contributed by atoms with Gasteiger partial charge in [0, 0.05) is 23.5 Å². The van der Waals surface area contributed by atoms with Crippen LogP contribution < -0.4 is 16.2 Å². The highest BCUT2D eigenvalue weighted by Gasteiger charge is 2.24. The van der Waals surface area contributed by atoms with Crippen molar-refractivity contribution in [3.05, 3.63) is 59.2 Å². The first-order valence-corrected chi connectivity index (χ1v) is 7.18. The van der Waals surface area contributed by atoms with E-state index in [0.29, 0.717) is 0 Å². The molecule has 0 radical (unpaired) electrons. The molecule has 1 heterocycles. The summed E-state index contributed by atoms with van der Waals surface area (Å²) < 4.78 is 0. The van der Waals surface area contributed by atoms with Crippen LogP contribution in [-0.4, -0.2) is 12.5 Å². The summed E-state index contributed by atoms with van der Waals surface area (Å²) in [5, 5.41) is 0. The van der Waals surface area contributed by atoms with E-state index in [2.05, 4.69) is 11.5 Å². The zero-order valence-electron chi connectivity index (χ0n) is 12.1. The third kappa shape index (κ3) is 2.50. The number of hydrogen-bond acceptors (Lipinski definition) is 3. The summed E-state index contributed by atoms with van der Waals surface area (Å²) in [4.78, 5) is 14.7. The monoisotopic (exact) mass is 281 g/mol. The lowest BCUT2D eigenvalue weighted by Crippen LogP contribution is -2.35. The molecule has 3 N–H and O–H groups in total. The fourth-order valence-electron chi connectivity index (χ4n) is 2.88. The fraction of sp³-hybridized carbons (Fsp3) is 0.235. The van der Waals surface area contributed by atoms with E-state index in [-0.39, 0.29) is 5.91 Å². The number of nitrogen functional groups attached to an aromatic ring is 1. The normalized spacial score (nSPS) is 13.7. The number of nitrogens with two attached hydrogens (primary N) is 1. The van der Waals surface area contributed by atoms with E-state index in [1.807, 2.05) is 48.2 Å². The van der Waals surface area contributed by atoms with Gasteiger partial charge in [0.05, 0.1) is 0 Å². The van der Waals surface area contributed by atoms with Crippen LogP contribution in [0.25, 0.3) is 0 Å². The van der Waals surface area contributed by atoms with E-state index in [1.54, 1.807) is 0 Å². The SMILES string of the molecule is Cc1cc(NN)ccc1C(=O)N1CCCc2ccccc21. The molecule has 0 fully saturated rings. The quantitative estimate of drug-likeness (QED) is 0.657. The van der Waals surface area contributed by atoms with Crippen molar-refractivity contribution in [3.63, 3.8) is 0 Å². The van der Waals surface area contributed by atoms with E-state index < -0.39 is 0 Å². The van der Waals surface area contributed by atoms with Gasteiger partial charge in [0.25, 0.3) is 5.91 Å². The van der Waals surface area contributed by atoms with Crippen molar-refractivity contribution in [2.75, 3.05) is 16.9 Å². The minimum absolute atomic E-state index is 0.0585. The predicted molar refractivity (Wildman–Crippen MR) is 85.4 cm³/mol. The lowest BCUT2D eigenvalue weighted by atomic mass is 9.99. The number of nitrogens with zero attached hydrogens (tertiary/aromatic N) is 1. The summed E-state index contributed by atoms with van der Waals surface area (Å²) in [5.41, 5.74) is 7.35. The van der Waals surface area contributed by atoms with Gasteiger partial charge in [-0.05, 0) is 55.2 Å². The number of amides is 1. The van der Waals surface area contributed by atoms with Crippen LogP contribution in [0.3, 0.4) is 0 Å². The van der Waals surface area contributed by atoms with Crippen molar-refractivity contribution in [2.24, 2.45) is 5.84 Å². The predicted octanol–water partition coefficient (Wildman–Crippen LogP) is 2.87. The molecule has 1 aliphatic rings. The van der Waals surface area contributed by atoms with Crippen LogP contribution in [-0.2, 0) is 6.42 Å². The number of hydrogen-bond donors (Lipinski definition) is 2. The van der Waals surface area contributed by atoms with Crippen molar-refractivity contribution >= 4 is 17.3 Å². The molecule has 1 amide bonds. The highest BCUT2D eigenvalue weighted by atomic mass is 16.2. The topological polar surface area (TPSA) is 58.4 Å². The maximum Gasteiger partial charge on any atom is 0.258 e. The number of rotatable bonds is 2. The van der Waals surface area contributed by atoms with Gasteiger partial charge in [0.2, 0.25) is 0 Å². The molecule has 108 valence electrons. The number of anilines is 2. The van der Waals surface area contributed by atoms with Crippen LogP contribution in [0.2, 0.25) is 0 Å². The minimum Gasteiger partial charge on any atom is -0.324 e. The molecule has 0 spiro atoms. The van der Waals surface area contributed by atoms with Gasteiger partial charge in [-0.3, -0.25) is 10.6 Å². The number of fused-ring (bicyclic) bond motifs is 1. The Kier molecular flexibility index (Phi) is 3.62. The lowest BCUT2D eigenvalue weighted by molar-refractivity contribution is 0.0984. The largest absolute Gasteiger partial charge is 0.324 e. The zero-order valence-corrected chi connectivity index (χ0v) is 12.1. The van der Waals surface area contributed by atoms with E-state index in [1.165, 1.54) is 5.56 Å². The van der Waals surface area contributed by atoms with Crippen LogP contribution in [0.5, 0.6) is 0 Å². The second-order valence-corrected chi connectivity index (χ2v) is 5.36. The Balaban J connectivity index is 1.97. The van der Waals surface area contributed by atoms with Gasteiger partial charge < -0.3 is 10.3 Å². The molecule has 4 heteroatoms. The van der Waals surface area contributed by atoms with Crippen molar-refractivity contribution in [2.45, 2.75) is 19.8 Å². The number of nitrogens with one attached hydrogen (secondary N) is 1. The molecule has 0 atom stereocenters. The first-order valence-electron chi connectivity index (χ1n) is 7.18. The number of hydrazine groups is 1. The maximum atomic E-state index is 12.9. The zero-order chi connectivity index (χ0) is 14.8. The summed E-state index contributed by atoms with van der Waals surface area (Å²) in [6, 6.07) is 13.7. The molecule has 0 unspecified atom stereocenters. The van der Waals surface area contributed by atoms with Crippen LogP contribution in [0, 0.1) is 6.92 Å². The van der Waals surface area contributed by atoms with E-state index >= 15 is 0 Å². The number of carbonyl (C=O) groups is 1. The Bertz CT molecular complexity index is 681. The number of carbonyl (C=O) groups excluding carboxylic acids is 1. The number of para-hydroxylation sites is 1. The molecule has 4 nitrogen and oxygen atoms in total. The van der Waals surface area contributed by atoms with Gasteiger partial charge in [0.1, 0.15) is 0 Å². The molecule has 2 aromatic rings. The second-order valence-electron chi connectivity index (χ2n) is 5.36. The standard InChI is InChI=1S/C17H19N3O/c1-12-11-14(19-18)8-9-15(12)17(21)20-10-4-6-13-5-2-3-7-16(13)20/h2-3,5,7-9,11,19H,4,6,10,18H2,1H3. The van der Waals surface area contributed by atoms with E-state index in [4.69, 9.17) is 5.84 Å². The number of benzene rings is 2. The molecule has 0 saturated heterocycles. The molecular weight excluding hydrogens is 262 g/mol. The van der Waals surface area contributed by atoms with Crippen molar-refractivity contribution in [1.82, 2.24) is 0 Å². The Morgan fingerprint density at radius 3 is 2.81 bits per heavy atom. The Morgan fingerprint density at radius 1 is 1.24 bits per heavy atom. The van der Waals surface area contributed by atoms with E-state index in [0.717, 1.165) is 41.9 Å². The van der Waals surface area contributed by atoms with Gasteiger partial charge in [0.15, 0.2) is 0 Å². The van der Waals surface area contributed by atoms with Crippen LogP contribution in [0.15, 0.2) is 42.5 Å². The molecule has 0 aromatic heterocycles. The molecule has 0 aliphatic carbocycles. The second kappa shape index (κ2) is 5.58. The molecule has 2 aromatic carbocycles. The Morgan fingerprint density at radius 2 is 2.05 bits per heavy atom. The van der Waals surface area contributed by atoms with Crippen molar-refractivity contribution in [3.8, 4) is 0 Å². The molecular formula is C17H19N3O. The Hall–Kier alpha value is -2.33. The summed E-state index contributed by atoms with van der Waals surface area (Å²) in [6.45, 7) is 2.70. The van der Waals surface area contributed by atoms with Crippen LogP contribution in [0.4, 0.5) is 11.4 Å². The molecule has 21 heavy (non-hydrogen) atoms. The lowest BCUT2D eigenvalue weighted by Gasteiger charge is -2.30. The van der Waals surface area contributed by atoms with Gasteiger partial charge in [-0.1, -0.05) is 18.2 Å². The van der Waals surface area contributed by atoms with E-state index in [9.17, 15) is 4.79 Å². The highest BCUT2D eigenvalue weighted by molar-refractivity contribution is 6.07. The maximum absolute atomic E-state index is 12.9.